The average Bonchev–Trinajstić information content (AvgIpc) is 2.69. The molecule has 0 saturated heterocycles. The van der Waals surface area contributed by atoms with E-state index < -0.39 is 7.25 Å². The van der Waals surface area contributed by atoms with Crippen LogP contribution in [0.4, 0.5) is 17.3 Å². The molecule has 0 bridgehead atoms. The van der Waals surface area contributed by atoms with E-state index in [1.54, 1.807) is 0 Å². The van der Waals surface area contributed by atoms with Gasteiger partial charge < -0.3 is 21.7 Å². The predicted molar refractivity (Wildman–Crippen MR) is 127 cm³/mol. The summed E-state index contributed by atoms with van der Waals surface area (Å²) in [5.74, 6) is 0.197. The maximum atomic E-state index is 12.5. The maximum absolute atomic E-state index is 12.5. The van der Waals surface area contributed by atoms with E-state index in [2.05, 4.69) is 41.4 Å². The Bertz CT molecular complexity index is 463. The number of hydrogen-bond acceptors (Lipinski definition) is 1. The minimum absolute atomic E-state index is 0.197. The molecule has 0 aliphatic rings. The summed E-state index contributed by atoms with van der Waals surface area (Å²) >= 11 is 0. The van der Waals surface area contributed by atoms with Crippen molar-refractivity contribution in [1.82, 2.24) is 0 Å². The van der Waals surface area contributed by atoms with E-state index in [1.165, 1.54) is 83.1 Å². The van der Waals surface area contributed by atoms with Crippen molar-refractivity contribution in [1.29, 1.82) is 0 Å². The van der Waals surface area contributed by atoms with E-state index in [-0.39, 0.29) is 11.3 Å². The Labute approximate surface area is 189 Å². The third-order valence-corrected chi connectivity index (χ3v) is 6.61. The first-order valence-corrected chi connectivity index (χ1v) is 12.2. The highest BCUT2D eigenvalue weighted by atomic mass is 19.5. The normalized spacial score (nSPS) is 13.8. The summed E-state index contributed by atoms with van der Waals surface area (Å²) in [4.78, 5) is 12.5. The minimum atomic E-state index is -6.00. The van der Waals surface area contributed by atoms with Crippen molar-refractivity contribution in [2.24, 2.45) is 0 Å². The smallest absolute Gasteiger partial charge is 0.418 e. The van der Waals surface area contributed by atoms with Crippen LogP contribution in [0, 0.1) is 0 Å². The number of unbranched alkanes of at least 4 members (excludes halogenated alkanes) is 12. The summed E-state index contributed by atoms with van der Waals surface area (Å²) in [7, 11) is -1.66. The van der Waals surface area contributed by atoms with Gasteiger partial charge in [-0.3, -0.25) is 4.79 Å². The highest BCUT2D eigenvalue weighted by Crippen LogP contribution is 2.29. The van der Waals surface area contributed by atoms with Crippen LogP contribution in [0.25, 0.3) is 0 Å². The molecule has 0 N–H and O–H groups in total. The highest BCUT2D eigenvalue weighted by Gasteiger charge is 2.44. The lowest BCUT2D eigenvalue weighted by Crippen LogP contribution is -2.61. The number of ketones is 1. The van der Waals surface area contributed by atoms with Gasteiger partial charge in [-0.05, 0) is 26.3 Å². The second kappa shape index (κ2) is 17.7. The molecule has 0 aliphatic carbocycles. The number of likely N-dealkylation sites (N-methyl/N-ethyl adjacent to an activating group) is 1. The van der Waals surface area contributed by atoms with Crippen LogP contribution in [0.1, 0.15) is 111 Å². The molecule has 2 nitrogen and oxygen atoms in total. The number of nitrogens with zero attached hydrogens (tertiary/aromatic N) is 1. The Balaban J connectivity index is 0. The first kappa shape index (κ1) is 32.3. The maximum Gasteiger partial charge on any atom is 0.673 e. The molecule has 0 aliphatic heterocycles. The summed E-state index contributed by atoms with van der Waals surface area (Å²) in [6.07, 6.45) is 20.2. The zero-order valence-corrected chi connectivity index (χ0v) is 20.8. The molecule has 0 fully saturated rings. The van der Waals surface area contributed by atoms with E-state index >= 15 is 0 Å². The SMILES string of the molecule is C=CC(=O)C(C)(CCCCCCCCCCCCCCC)[N+](C)(C)CC.F[B-](F)(F)F. The van der Waals surface area contributed by atoms with E-state index in [0.29, 0.717) is 0 Å². The fraction of sp³-hybridized carbons (Fsp3) is 0.875. The molecule has 0 spiro atoms. The summed E-state index contributed by atoms with van der Waals surface area (Å²) in [5, 5.41) is 0. The molecule has 0 amide bonds. The fourth-order valence-electron chi connectivity index (χ4n) is 3.78. The van der Waals surface area contributed by atoms with Crippen molar-refractivity contribution in [2.45, 2.75) is 116 Å². The molecule has 1 unspecified atom stereocenters. The van der Waals surface area contributed by atoms with Crippen LogP contribution in [-0.2, 0) is 4.79 Å². The second-order valence-electron chi connectivity index (χ2n) is 9.33. The van der Waals surface area contributed by atoms with Gasteiger partial charge >= 0.3 is 7.25 Å². The van der Waals surface area contributed by atoms with Gasteiger partial charge in [0.05, 0.1) is 20.6 Å². The van der Waals surface area contributed by atoms with Crippen LogP contribution in [0.5, 0.6) is 0 Å². The van der Waals surface area contributed by atoms with E-state index in [1.807, 2.05) is 0 Å². The van der Waals surface area contributed by atoms with Gasteiger partial charge in [-0.2, -0.15) is 0 Å². The van der Waals surface area contributed by atoms with Crippen molar-refractivity contribution in [3.8, 4) is 0 Å². The zero-order chi connectivity index (χ0) is 24.4. The fourth-order valence-corrected chi connectivity index (χ4v) is 3.78. The Morgan fingerprint density at radius 1 is 0.806 bits per heavy atom. The summed E-state index contributed by atoms with van der Waals surface area (Å²) in [6.45, 7) is 11.3. The number of quaternary nitrogens is 1. The van der Waals surface area contributed by atoms with Crippen LogP contribution >= 0.6 is 0 Å². The molecule has 31 heavy (non-hydrogen) atoms. The average molecular weight is 453 g/mol. The minimum Gasteiger partial charge on any atom is -0.418 e. The predicted octanol–water partition coefficient (Wildman–Crippen LogP) is 8.38. The molecule has 0 heterocycles. The molecule has 0 rings (SSSR count). The number of hydrogen-bond donors (Lipinski definition) is 0. The molecule has 0 aromatic carbocycles. The van der Waals surface area contributed by atoms with Crippen molar-refractivity contribution in [3.05, 3.63) is 12.7 Å². The van der Waals surface area contributed by atoms with Crippen LogP contribution in [0.3, 0.4) is 0 Å². The summed E-state index contributed by atoms with van der Waals surface area (Å²) < 4.78 is 39.7. The van der Waals surface area contributed by atoms with Crippen molar-refractivity contribution >= 4 is 13.0 Å². The van der Waals surface area contributed by atoms with Crippen LogP contribution in [0.2, 0.25) is 0 Å². The molecular formula is C24H48BF4NO. The second-order valence-corrected chi connectivity index (χ2v) is 9.33. The Hall–Kier alpha value is -0.845. The molecule has 0 aromatic heterocycles. The molecular weight excluding hydrogens is 405 g/mol. The van der Waals surface area contributed by atoms with Crippen LogP contribution < -0.4 is 0 Å². The van der Waals surface area contributed by atoms with Gasteiger partial charge in [0.15, 0.2) is 5.54 Å². The number of carbonyl (C=O) groups is 1. The number of halogens is 4. The summed E-state index contributed by atoms with van der Waals surface area (Å²) in [6, 6.07) is 0. The molecule has 0 radical (unpaired) electrons. The number of rotatable bonds is 18. The van der Waals surface area contributed by atoms with E-state index in [4.69, 9.17) is 0 Å². The van der Waals surface area contributed by atoms with E-state index in [9.17, 15) is 22.1 Å². The van der Waals surface area contributed by atoms with Gasteiger partial charge in [-0.25, -0.2) is 0 Å². The molecule has 1 atom stereocenters. The summed E-state index contributed by atoms with van der Waals surface area (Å²) in [5.41, 5.74) is -0.325. The molecule has 0 aromatic rings. The first-order valence-electron chi connectivity index (χ1n) is 12.2. The molecule has 7 heteroatoms. The van der Waals surface area contributed by atoms with Crippen molar-refractivity contribution in [2.75, 3.05) is 20.6 Å². The lowest BCUT2D eigenvalue weighted by atomic mass is 9.85. The molecule has 186 valence electrons. The van der Waals surface area contributed by atoms with Crippen LogP contribution in [-0.4, -0.2) is 43.7 Å². The van der Waals surface area contributed by atoms with Crippen LogP contribution in [0.15, 0.2) is 12.7 Å². The van der Waals surface area contributed by atoms with Gasteiger partial charge in [0.25, 0.3) is 0 Å². The largest absolute Gasteiger partial charge is 0.673 e. The quantitative estimate of drug-likeness (QED) is 0.0670. The zero-order valence-electron chi connectivity index (χ0n) is 20.8. The van der Waals surface area contributed by atoms with Gasteiger partial charge in [0, 0.05) is 6.42 Å². The lowest BCUT2D eigenvalue weighted by molar-refractivity contribution is -0.927. The monoisotopic (exact) mass is 453 g/mol. The lowest BCUT2D eigenvalue weighted by Gasteiger charge is -2.44. The van der Waals surface area contributed by atoms with Gasteiger partial charge in [-0.1, -0.05) is 90.6 Å². The van der Waals surface area contributed by atoms with Gasteiger partial charge in [-0.15, -0.1) is 0 Å². The van der Waals surface area contributed by atoms with Crippen molar-refractivity contribution < 1.29 is 26.5 Å². The van der Waals surface area contributed by atoms with E-state index in [0.717, 1.165) is 23.9 Å². The Kier molecular flexibility index (Phi) is 18.4. The molecule has 0 saturated carbocycles. The third kappa shape index (κ3) is 17.4. The first-order chi connectivity index (χ1) is 14.4. The Morgan fingerprint density at radius 3 is 1.42 bits per heavy atom. The van der Waals surface area contributed by atoms with Gasteiger partial charge in [0.1, 0.15) is 0 Å². The highest BCUT2D eigenvalue weighted by molar-refractivity contribution is 6.50. The number of carbonyl (C=O) groups excluding carboxylic acids is 1. The Morgan fingerprint density at radius 2 is 1.13 bits per heavy atom. The standard InChI is InChI=1S/C24H48NO.BF4/c1-7-10-11-12-13-14-15-16-17-18-19-20-21-22-24(4,23(26)8-2)25(5,6)9-3;2-1(3,4)5/h8H,2,7,9-22H2,1,3-6H3;/q+1;-1. The topological polar surface area (TPSA) is 17.1 Å². The van der Waals surface area contributed by atoms with Gasteiger partial charge in [0.2, 0.25) is 5.78 Å². The van der Waals surface area contributed by atoms with Crippen molar-refractivity contribution in [3.63, 3.8) is 0 Å². The third-order valence-electron chi connectivity index (χ3n) is 6.61.